The van der Waals surface area contributed by atoms with Gasteiger partial charge in [0.2, 0.25) is 16.1 Å². The summed E-state index contributed by atoms with van der Waals surface area (Å²) in [6, 6.07) is 9.54. The van der Waals surface area contributed by atoms with Gasteiger partial charge in [0.25, 0.3) is 0 Å². The van der Waals surface area contributed by atoms with Crippen molar-refractivity contribution in [3.05, 3.63) is 35.9 Å². The van der Waals surface area contributed by atoms with Crippen LogP contribution in [0.25, 0.3) is 0 Å². The second-order valence-electron chi connectivity index (χ2n) is 5.04. The Balaban J connectivity index is 2.13. The summed E-state index contributed by atoms with van der Waals surface area (Å²) in [4.78, 5) is 14.0. The molecule has 1 aliphatic rings. The van der Waals surface area contributed by atoms with Crippen LogP contribution in [0.2, 0.25) is 0 Å². The van der Waals surface area contributed by atoms with Crippen molar-refractivity contribution >= 4 is 16.1 Å². The molecule has 2 atom stereocenters. The van der Waals surface area contributed by atoms with E-state index in [0.29, 0.717) is 13.0 Å². The average molecular weight is 294 g/mol. The van der Waals surface area contributed by atoms with E-state index in [0.717, 1.165) is 12.0 Å². The van der Waals surface area contributed by atoms with Gasteiger partial charge in [-0.3, -0.25) is 0 Å². The molecule has 0 saturated carbocycles. The maximum absolute atomic E-state index is 12.4. The van der Waals surface area contributed by atoms with Crippen LogP contribution in [0.4, 0.5) is 0 Å². The lowest BCUT2D eigenvalue weighted by Crippen LogP contribution is -2.37. The van der Waals surface area contributed by atoms with Gasteiger partial charge in [-0.15, -0.1) is 0 Å². The molecular weight excluding hydrogens is 276 g/mol. The van der Waals surface area contributed by atoms with Crippen molar-refractivity contribution in [3.8, 4) is 0 Å². The van der Waals surface area contributed by atoms with Crippen molar-refractivity contribution < 1.29 is 13.2 Å². The Hall–Kier alpha value is -1.49. The summed E-state index contributed by atoms with van der Waals surface area (Å²) >= 11 is 0. The summed E-state index contributed by atoms with van der Waals surface area (Å²) in [7, 11) is -3.42. The lowest BCUT2D eigenvalue weighted by molar-refractivity contribution is 0.394. The van der Waals surface area contributed by atoms with Gasteiger partial charge in [0, 0.05) is 6.54 Å². The summed E-state index contributed by atoms with van der Waals surface area (Å²) in [5.74, 6) is -0.0651. The van der Waals surface area contributed by atoms with Crippen LogP contribution in [0.5, 0.6) is 0 Å². The van der Waals surface area contributed by atoms with Crippen LogP contribution < -0.4 is 0 Å². The van der Waals surface area contributed by atoms with Gasteiger partial charge < -0.3 is 0 Å². The molecule has 1 fully saturated rings. The zero-order valence-electron chi connectivity index (χ0n) is 11.4. The van der Waals surface area contributed by atoms with Crippen molar-refractivity contribution in [2.45, 2.75) is 31.8 Å². The molecule has 5 nitrogen and oxygen atoms in total. The second-order valence-corrected chi connectivity index (χ2v) is 7.01. The molecule has 2 rings (SSSR count). The van der Waals surface area contributed by atoms with Crippen molar-refractivity contribution in [2.24, 2.45) is 4.99 Å². The number of sulfonamides is 1. The second kappa shape index (κ2) is 6.31. The van der Waals surface area contributed by atoms with E-state index < -0.39 is 16.2 Å². The molecule has 0 radical (unpaired) electrons. The fourth-order valence-corrected chi connectivity index (χ4v) is 4.47. The van der Waals surface area contributed by atoms with Crippen LogP contribution >= 0.6 is 0 Å². The van der Waals surface area contributed by atoms with Gasteiger partial charge in [0.1, 0.15) is 6.17 Å². The van der Waals surface area contributed by atoms with Gasteiger partial charge in [-0.1, -0.05) is 37.3 Å². The van der Waals surface area contributed by atoms with Gasteiger partial charge in [0.15, 0.2) is 0 Å². The summed E-state index contributed by atoms with van der Waals surface area (Å²) in [5, 5.41) is 0. The number of hydrogen-bond acceptors (Lipinski definition) is 4. The summed E-state index contributed by atoms with van der Waals surface area (Å²) in [6.07, 6.45) is 2.22. The summed E-state index contributed by atoms with van der Waals surface area (Å²) < 4.78 is 26.2. The molecule has 0 amide bonds. The topological polar surface area (TPSA) is 66.8 Å². The number of rotatable bonds is 5. The summed E-state index contributed by atoms with van der Waals surface area (Å²) in [5.41, 5.74) is 0.991. The minimum Gasteiger partial charge on any atom is -0.212 e. The normalized spacial score (nSPS) is 21.4. The fraction of sp³-hybridized carbons (Fsp3) is 0.500. The Morgan fingerprint density at radius 3 is 2.75 bits per heavy atom. The van der Waals surface area contributed by atoms with E-state index in [9.17, 15) is 13.2 Å². The van der Waals surface area contributed by atoms with E-state index in [2.05, 4.69) is 4.99 Å². The average Bonchev–Trinajstić information content (AvgIpc) is 2.89. The maximum Gasteiger partial charge on any atom is 0.236 e. The molecule has 0 aliphatic carbocycles. The van der Waals surface area contributed by atoms with Crippen LogP contribution in [0.1, 0.15) is 31.2 Å². The van der Waals surface area contributed by atoms with E-state index in [1.807, 2.05) is 37.3 Å². The Morgan fingerprint density at radius 2 is 2.10 bits per heavy atom. The number of aliphatic imine (C=N–C) groups is 1. The minimum atomic E-state index is -3.42. The maximum atomic E-state index is 12.4. The summed E-state index contributed by atoms with van der Waals surface area (Å²) in [6.45, 7) is 2.32. The van der Waals surface area contributed by atoms with Crippen molar-refractivity contribution in [1.82, 2.24) is 4.31 Å². The predicted molar refractivity (Wildman–Crippen MR) is 76.5 cm³/mol. The van der Waals surface area contributed by atoms with E-state index in [1.165, 1.54) is 10.4 Å². The first-order valence-corrected chi connectivity index (χ1v) is 8.27. The third-order valence-corrected chi connectivity index (χ3v) is 5.62. The molecule has 0 bridgehead atoms. The molecular formula is C14H18N2O3S. The Bertz CT molecular complexity index is 594. The predicted octanol–water partition coefficient (Wildman–Crippen LogP) is 1.88. The van der Waals surface area contributed by atoms with Gasteiger partial charge in [-0.25, -0.2) is 13.2 Å². The van der Waals surface area contributed by atoms with Gasteiger partial charge in [0.05, 0.1) is 5.75 Å². The van der Waals surface area contributed by atoms with Crippen molar-refractivity contribution in [1.29, 1.82) is 0 Å². The molecule has 2 unspecified atom stereocenters. The zero-order valence-corrected chi connectivity index (χ0v) is 12.2. The lowest BCUT2D eigenvalue weighted by Gasteiger charge is -2.22. The van der Waals surface area contributed by atoms with Crippen LogP contribution in [0.3, 0.4) is 0 Å². The van der Waals surface area contributed by atoms with Gasteiger partial charge >= 0.3 is 0 Å². The Kier molecular flexibility index (Phi) is 4.70. The number of nitrogens with zero attached hydrogens (tertiary/aromatic N) is 2. The van der Waals surface area contributed by atoms with Gasteiger partial charge in [-0.2, -0.15) is 9.30 Å². The first-order chi connectivity index (χ1) is 9.54. The molecule has 20 heavy (non-hydrogen) atoms. The first-order valence-electron chi connectivity index (χ1n) is 6.66. The Labute approximate surface area is 119 Å². The molecule has 1 aliphatic heterocycles. The van der Waals surface area contributed by atoms with E-state index >= 15 is 0 Å². The van der Waals surface area contributed by atoms with Gasteiger partial charge in [-0.05, 0) is 24.3 Å². The quantitative estimate of drug-likeness (QED) is 0.615. The van der Waals surface area contributed by atoms with Crippen molar-refractivity contribution in [3.63, 3.8) is 0 Å². The van der Waals surface area contributed by atoms with E-state index in [-0.39, 0.29) is 11.7 Å². The fourth-order valence-electron chi connectivity index (χ4n) is 2.53. The number of hydrogen-bond donors (Lipinski definition) is 0. The van der Waals surface area contributed by atoms with E-state index in [4.69, 9.17) is 0 Å². The number of isocyanates is 1. The van der Waals surface area contributed by atoms with Crippen LogP contribution in [0, 0.1) is 0 Å². The highest BCUT2D eigenvalue weighted by Crippen LogP contribution is 2.25. The zero-order chi connectivity index (χ0) is 14.6. The third-order valence-electron chi connectivity index (χ3n) is 3.56. The third kappa shape index (κ3) is 3.33. The molecule has 1 aromatic carbocycles. The highest BCUT2D eigenvalue weighted by molar-refractivity contribution is 7.89. The smallest absolute Gasteiger partial charge is 0.212 e. The SMILES string of the molecule is CC(CS(=O)(=O)N1CCCC1N=C=O)c1ccccc1. The van der Waals surface area contributed by atoms with Crippen LogP contribution in [0.15, 0.2) is 35.3 Å². The molecule has 0 aromatic heterocycles. The molecule has 0 spiro atoms. The van der Waals surface area contributed by atoms with Crippen LogP contribution in [-0.4, -0.2) is 37.3 Å². The minimum absolute atomic E-state index is 0.0297. The van der Waals surface area contributed by atoms with E-state index in [1.54, 1.807) is 0 Å². The highest BCUT2D eigenvalue weighted by Gasteiger charge is 2.35. The number of carbonyl (C=O) groups excluding carboxylic acids is 1. The van der Waals surface area contributed by atoms with Crippen LogP contribution in [-0.2, 0) is 14.8 Å². The largest absolute Gasteiger partial charge is 0.236 e. The highest BCUT2D eigenvalue weighted by atomic mass is 32.2. The molecule has 0 N–H and O–H groups in total. The Morgan fingerprint density at radius 1 is 1.40 bits per heavy atom. The molecule has 1 saturated heterocycles. The molecule has 6 heteroatoms. The number of benzene rings is 1. The van der Waals surface area contributed by atoms with Crippen molar-refractivity contribution in [2.75, 3.05) is 12.3 Å². The molecule has 108 valence electrons. The monoisotopic (exact) mass is 294 g/mol. The molecule has 1 heterocycles. The first kappa shape index (κ1) is 14.9. The lowest BCUT2D eigenvalue weighted by atomic mass is 10.0. The standard InChI is InChI=1S/C14H18N2O3S/c1-12(13-6-3-2-4-7-13)10-20(18,19)16-9-5-8-14(16)15-11-17/h2-4,6-7,12,14H,5,8-10H2,1H3. The molecule has 1 aromatic rings.